The lowest BCUT2D eigenvalue weighted by Crippen LogP contribution is -1.99. The van der Waals surface area contributed by atoms with E-state index in [0.29, 0.717) is 0 Å². The van der Waals surface area contributed by atoms with Gasteiger partial charge in [-0.05, 0) is 101 Å². The number of pyridine rings is 1. The van der Waals surface area contributed by atoms with Gasteiger partial charge >= 0.3 is 0 Å². The van der Waals surface area contributed by atoms with Crippen LogP contribution in [0.25, 0.3) is 105 Å². The Morgan fingerprint density at radius 1 is 0.377 bits per heavy atom. The highest BCUT2D eigenvalue weighted by molar-refractivity contribution is 6.07. The first-order valence-corrected chi connectivity index (χ1v) is 17.7. The summed E-state index contributed by atoms with van der Waals surface area (Å²) in [5, 5.41) is 4.38. The lowest BCUT2D eigenvalue weighted by Gasteiger charge is -2.13. The van der Waals surface area contributed by atoms with Gasteiger partial charge in [-0.2, -0.15) is 0 Å². The Bertz CT molecular complexity index is 3040. The molecular weight excluding hydrogens is 651 g/mol. The number of para-hydroxylation sites is 3. The molecular formula is C48H29N3O2. The van der Waals surface area contributed by atoms with Gasteiger partial charge in [-0.15, -0.1) is 0 Å². The number of aromatic nitrogens is 3. The van der Waals surface area contributed by atoms with Crippen molar-refractivity contribution >= 4 is 55.0 Å². The van der Waals surface area contributed by atoms with E-state index < -0.39 is 0 Å². The molecule has 248 valence electrons. The molecule has 4 aromatic heterocycles. The molecule has 0 aliphatic rings. The van der Waals surface area contributed by atoms with Crippen molar-refractivity contribution in [1.29, 1.82) is 0 Å². The van der Waals surface area contributed by atoms with Gasteiger partial charge in [0.15, 0.2) is 5.65 Å². The van der Waals surface area contributed by atoms with E-state index >= 15 is 0 Å². The quantitative estimate of drug-likeness (QED) is 0.182. The number of furan rings is 2. The van der Waals surface area contributed by atoms with Gasteiger partial charge in [0, 0.05) is 44.6 Å². The molecule has 11 aromatic rings. The standard InChI is InChI=1S/C48H29N3O2/c1-3-11-30(12-4-1)36-28-42-48(49-29-36)51(37-13-5-2-6-14-37)47(50-42)35-24-33(31-19-21-45-40(26-31)38-15-7-9-17-43(38)52-45)23-34(25-35)32-20-22-46-41(27-32)39-16-8-10-18-44(39)53-46/h1-29H. The second-order valence-electron chi connectivity index (χ2n) is 13.5. The van der Waals surface area contributed by atoms with E-state index in [1.165, 1.54) is 0 Å². The molecule has 7 aromatic carbocycles. The minimum atomic E-state index is 0.801. The van der Waals surface area contributed by atoms with Crippen molar-refractivity contribution in [3.8, 4) is 50.5 Å². The Morgan fingerprint density at radius 3 is 1.53 bits per heavy atom. The van der Waals surface area contributed by atoms with Crippen LogP contribution in [0, 0.1) is 0 Å². The second-order valence-corrected chi connectivity index (χ2v) is 13.5. The molecule has 0 spiro atoms. The maximum atomic E-state index is 6.21. The van der Waals surface area contributed by atoms with Crippen molar-refractivity contribution in [3.63, 3.8) is 0 Å². The predicted molar refractivity (Wildman–Crippen MR) is 215 cm³/mol. The number of hydrogen-bond acceptors (Lipinski definition) is 4. The maximum Gasteiger partial charge on any atom is 0.164 e. The van der Waals surface area contributed by atoms with Crippen LogP contribution >= 0.6 is 0 Å². The first-order valence-electron chi connectivity index (χ1n) is 17.7. The van der Waals surface area contributed by atoms with E-state index in [0.717, 1.165) is 105 Å². The van der Waals surface area contributed by atoms with Crippen molar-refractivity contribution in [2.24, 2.45) is 0 Å². The Hall–Kier alpha value is -7.24. The van der Waals surface area contributed by atoms with E-state index in [2.05, 4.69) is 126 Å². The molecule has 4 heterocycles. The predicted octanol–water partition coefficient (Wildman–Crippen LogP) is 12.9. The highest BCUT2D eigenvalue weighted by atomic mass is 16.3. The molecule has 0 unspecified atom stereocenters. The van der Waals surface area contributed by atoms with Crippen molar-refractivity contribution in [2.45, 2.75) is 0 Å². The lowest BCUT2D eigenvalue weighted by molar-refractivity contribution is 0.668. The second kappa shape index (κ2) is 11.7. The van der Waals surface area contributed by atoms with E-state index in [1.54, 1.807) is 0 Å². The topological polar surface area (TPSA) is 57.0 Å². The lowest BCUT2D eigenvalue weighted by atomic mass is 9.94. The summed E-state index contributed by atoms with van der Waals surface area (Å²) < 4.78 is 14.6. The van der Waals surface area contributed by atoms with Gasteiger partial charge in [-0.25, -0.2) is 9.97 Å². The van der Waals surface area contributed by atoms with E-state index in [9.17, 15) is 0 Å². The van der Waals surface area contributed by atoms with E-state index in [-0.39, 0.29) is 0 Å². The molecule has 0 atom stereocenters. The molecule has 0 saturated carbocycles. The van der Waals surface area contributed by atoms with Gasteiger partial charge in [0.1, 0.15) is 33.7 Å². The van der Waals surface area contributed by atoms with Crippen molar-refractivity contribution in [2.75, 3.05) is 0 Å². The summed E-state index contributed by atoms with van der Waals surface area (Å²) in [5.41, 5.74) is 13.6. The third-order valence-electron chi connectivity index (χ3n) is 10.2. The Labute approximate surface area is 304 Å². The van der Waals surface area contributed by atoms with Gasteiger partial charge in [-0.1, -0.05) is 97.1 Å². The van der Waals surface area contributed by atoms with Gasteiger partial charge in [0.2, 0.25) is 0 Å². The van der Waals surface area contributed by atoms with Crippen LogP contribution in [0.2, 0.25) is 0 Å². The minimum Gasteiger partial charge on any atom is -0.456 e. The molecule has 0 radical (unpaired) electrons. The Kier molecular flexibility index (Phi) is 6.48. The van der Waals surface area contributed by atoms with Crippen LogP contribution in [0.5, 0.6) is 0 Å². The van der Waals surface area contributed by atoms with Crippen molar-refractivity contribution in [1.82, 2.24) is 14.5 Å². The summed E-state index contributed by atoms with van der Waals surface area (Å²) in [6.07, 6.45) is 1.94. The van der Waals surface area contributed by atoms with Gasteiger partial charge in [-0.3, -0.25) is 4.57 Å². The summed E-state index contributed by atoms with van der Waals surface area (Å²) in [7, 11) is 0. The molecule has 0 saturated heterocycles. The fourth-order valence-corrected chi connectivity index (χ4v) is 7.67. The van der Waals surface area contributed by atoms with Crippen LogP contribution in [0.1, 0.15) is 0 Å². The number of rotatable bonds is 5. The average Bonchev–Trinajstić information content (AvgIpc) is 3.92. The average molecular weight is 680 g/mol. The molecule has 0 aliphatic heterocycles. The first kappa shape index (κ1) is 29.5. The zero-order chi connectivity index (χ0) is 34.9. The highest BCUT2D eigenvalue weighted by Crippen LogP contribution is 2.39. The molecule has 5 nitrogen and oxygen atoms in total. The third-order valence-corrected chi connectivity index (χ3v) is 10.2. The monoisotopic (exact) mass is 679 g/mol. The molecule has 0 aliphatic carbocycles. The number of imidazole rings is 1. The highest BCUT2D eigenvalue weighted by Gasteiger charge is 2.19. The molecule has 0 bridgehead atoms. The van der Waals surface area contributed by atoms with Crippen LogP contribution in [0.15, 0.2) is 185 Å². The normalized spacial score (nSPS) is 11.8. The molecule has 0 amide bonds. The third kappa shape index (κ3) is 4.86. The van der Waals surface area contributed by atoms with E-state index in [1.807, 2.05) is 54.7 Å². The van der Waals surface area contributed by atoms with Crippen LogP contribution in [-0.4, -0.2) is 14.5 Å². The summed E-state index contributed by atoms with van der Waals surface area (Å²) >= 11 is 0. The van der Waals surface area contributed by atoms with Gasteiger partial charge < -0.3 is 8.83 Å². The molecule has 0 N–H and O–H groups in total. The Balaban J connectivity index is 1.17. The number of nitrogens with zero attached hydrogens (tertiary/aromatic N) is 3. The Morgan fingerprint density at radius 2 is 0.906 bits per heavy atom. The number of benzene rings is 7. The molecule has 53 heavy (non-hydrogen) atoms. The number of hydrogen-bond donors (Lipinski definition) is 0. The van der Waals surface area contributed by atoms with Crippen molar-refractivity contribution < 1.29 is 8.83 Å². The molecule has 11 rings (SSSR count). The van der Waals surface area contributed by atoms with Crippen LogP contribution in [-0.2, 0) is 0 Å². The zero-order valence-corrected chi connectivity index (χ0v) is 28.4. The molecule has 0 fully saturated rings. The maximum absolute atomic E-state index is 6.21. The largest absolute Gasteiger partial charge is 0.456 e. The van der Waals surface area contributed by atoms with Crippen LogP contribution in [0.4, 0.5) is 0 Å². The minimum absolute atomic E-state index is 0.801. The number of fused-ring (bicyclic) bond motifs is 7. The zero-order valence-electron chi connectivity index (χ0n) is 28.4. The first-order chi connectivity index (χ1) is 26.2. The summed E-state index contributed by atoms with van der Waals surface area (Å²) in [4.78, 5) is 10.4. The summed E-state index contributed by atoms with van der Waals surface area (Å²) in [5.74, 6) is 0.816. The summed E-state index contributed by atoms with van der Waals surface area (Å²) in [6, 6.07) is 59.0. The summed E-state index contributed by atoms with van der Waals surface area (Å²) in [6.45, 7) is 0. The fraction of sp³-hybridized carbons (Fsp3) is 0. The SMILES string of the molecule is c1ccc(-c2cnc3c(c2)nc(-c2cc(-c4ccc5oc6ccccc6c5c4)cc(-c4ccc5oc6ccccc6c5c4)c2)n3-c2ccccc2)cc1. The van der Waals surface area contributed by atoms with Crippen LogP contribution in [0.3, 0.4) is 0 Å². The fourth-order valence-electron chi connectivity index (χ4n) is 7.67. The van der Waals surface area contributed by atoms with E-state index in [4.69, 9.17) is 18.8 Å². The van der Waals surface area contributed by atoms with Crippen LogP contribution < -0.4 is 0 Å². The van der Waals surface area contributed by atoms with Gasteiger partial charge in [0.05, 0.1) is 0 Å². The smallest absolute Gasteiger partial charge is 0.164 e. The molecule has 5 heteroatoms. The van der Waals surface area contributed by atoms with Crippen molar-refractivity contribution in [3.05, 3.63) is 176 Å². The van der Waals surface area contributed by atoms with Gasteiger partial charge in [0.25, 0.3) is 0 Å².